The van der Waals surface area contributed by atoms with Gasteiger partial charge in [-0.15, -0.1) is 0 Å². The number of hydrogen-bond donors (Lipinski definition) is 0. The summed E-state index contributed by atoms with van der Waals surface area (Å²) in [6.07, 6.45) is 0. The molecule has 0 aromatic rings. The van der Waals surface area contributed by atoms with Gasteiger partial charge in [-0.1, -0.05) is 0 Å². The first kappa shape index (κ1) is 5.53. The van der Waals surface area contributed by atoms with E-state index in [0.717, 1.165) is 7.15 Å². The van der Waals surface area contributed by atoms with Gasteiger partial charge in [-0.2, -0.15) is 0 Å². The molecule has 0 aromatic carbocycles. The molecule has 6 heavy (non-hydrogen) atoms. The summed E-state index contributed by atoms with van der Waals surface area (Å²) in [6.45, 7) is 1.66. The molecule has 0 heterocycles. The van der Waals surface area contributed by atoms with Gasteiger partial charge in [-0.05, 0) is 0 Å². The van der Waals surface area contributed by atoms with E-state index in [2.05, 4.69) is 4.99 Å². The van der Waals surface area contributed by atoms with Crippen molar-refractivity contribution in [2.75, 3.05) is 7.05 Å². The van der Waals surface area contributed by atoms with Crippen LogP contribution in [0.25, 0.3) is 0 Å². The molecule has 2 nitrogen and oxygen atoms in total. The second kappa shape index (κ2) is 2.76. The van der Waals surface area contributed by atoms with E-state index >= 15 is 0 Å². The molecule has 0 bridgehead atoms. The minimum atomic E-state index is 0.537. The van der Waals surface area contributed by atoms with Gasteiger partial charge < -0.3 is 0 Å². The molecule has 0 aromatic heterocycles. The van der Waals surface area contributed by atoms with Crippen LogP contribution in [0.5, 0.6) is 0 Å². The average molecular weight is 82.9 g/mol. The van der Waals surface area contributed by atoms with Crippen LogP contribution in [0.3, 0.4) is 0 Å². The van der Waals surface area contributed by atoms with Crippen molar-refractivity contribution in [1.82, 2.24) is 0 Å². The zero-order valence-corrected chi connectivity index (χ0v) is 3.93. The van der Waals surface area contributed by atoms with Crippen molar-refractivity contribution in [3.05, 3.63) is 0 Å². The summed E-state index contributed by atoms with van der Waals surface area (Å²) in [5, 5.41) is 0. The Labute approximate surface area is 37.5 Å². The van der Waals surface area contributed by atoms with Crippen molar-refractivity contribution in [2.24, 2.45) is 4.99 Å². The Morgan fingerprint density at radius 3 is 2.33 bits per heavy atom. The molecular weight excluding hydrogens is 76.9 g/mol. The summed E-state index contributed by atoms with van der Waals surface area (Å²) in [5.74, 6) is 0. The van der Waals surface area contributed by atoms with Crippen molar-refractivity contribution < 1.29 is 4.70 Å². The summed E-state index contributed by atoms with van der Waals surface area (Å²) in [7, 11) is 2.31. The number of rotatable bonds is 1. The van der Waals surface area contributed by atoms with E-state index < -0.39 is 0 Å². The molecule has 0 rings (SSSR count). The van der Waals surface area contributed by atoms with Crippen LogP contribution in [-0.2, 0) is 4.70 Å². The molecule has 0 unspecified atom stereocenters. The molecule has 0 atom stereocenters. The van der Waals surface area contributed by atoms with Gasteiger partial charge in [0, 0.05) is 0 Å². The molecule has 0 aliphatic rings. The summed E-state index contributed by atoms with van der Waals surface area (Å²) < 4.78 is 9.61. The van der Waals surface area contributed by atoms with Crippen LogP contribution in [0, 0.1) is 0 Å². The Morgan fingerprint density at radius 2 is 2.33 bits per heavy atom. The van der Waals surface area contributed by atoms with Crippen LogP contribution in [-0.4, -0.2) is 19.8 Å². The first-order valence-electron chi connectivity index (χ1n) is 1.70. The van der Waals surface area contributed by atoms with Crippen molar-refractivity contribution >= 4 is 12.8 Å². The van der Waals surface area contributed by atoms with Crippen LogP contribution >= 0.6 is 0 Å². The standard InChI is InChI=1S/C3H6BNO/c1-3(4-6)5-2/h1-2H3. The van der Waals surface area contributed by atoms with Gasteiger partial charge in [0.05, 0.1) is 0 Å². The van der Waals surface area contributed by atoms with E-state index in [1.807, 2.05) is 0 Å². The van der Waals surface area contributed by atoms with Gasteiger partial charge >= 0.3 is 36.4 Å². The fourth-order valence-corrected chi connectivity index (χ4v) is 0.0527. The van der Waals surface area contributed by atoms with E-state index in [9.17, 15) is 4.70 Å². The van der Waals surface area contributed by atoms with E-state index in [4.69, 9.17) is 0 Å². The Bertz CT molecular complexity index is 78.9. The predicted molar refractivity (Wildman–Crippen MR) is 25.5 cm³/mol. The van der Waals surface area contributed by atoms with Crippen LogP contribution in [0.2, 0.25) is 0 Å². The molecular formula is C3H6BNO. The summed E-state index contributed by atoms with van der Waals surface area (Å²) in [4.78, 5) is 3.56. The molecule has 0 radical (unpaired) electrons. The van der Waals surface area contributed by atoms with Crippen LogP contribution in [0.1, 0.15) is 6.92 Å². The summed E-state index contributed by atoms with van der Waals surface area (Å²) >= 11 is 0. The van der Waals surface area contributed by atoms with Gasteiger partial charge in [0.2, 0.25) is 0 Å². The van der Waals surface area contributed by atoms with Crippen LogP contribution in [0.15, 0.2) is 4.99 Å². The molecule has 0 saturated carbocycles. The van der Waals surface area contributed by atoms with Gasteiger partial charge in [-0.3, -0.25) is 0 Å². The predicted octanol–water partition coefficient (Wildman–Crippen LogP) is 0.0843. The van der Waals surface area contributed by atoms with Crippen molar-refractivity contribution in [3.8, 4) is 0 Å². The SMILES string of the molecule is CN=C(C)B=O. The Kier molecular flexibility index (Phi) is 2.54. The number of aliphatic imine (C=N–C) groups is 1. The molecule has 0 aliphatic heterocycles. The first-order valence-corrected chi connectivity index (χ1v) is 1.70. The molecule has 0 amide bonds. The third-order valence-corrected chi connectivity index (χ3v) is 0.523. The molecule has 0 spiro atoms. The molecule has 3 heteroatoms. The fraction of sp³-hybridized carbons (Fsp3) is 0.667. The maximum atomic E-state index is 9.61. The average Bonchev–Trinajstić information content (AvgIpc) is 1.65. The zero-order chi connectivity index (χ0) is 4.99. The molecule has 0 saturated heterocycles. The third kappa shape index (κ3) is 1.82. The van der Waals surface area contributed by atoms with Crippen molar-refractivity contribution in [3.63, 3.8) is 0 Å². The Balaban J connectivity index is 3.50. The maximum absolute atomic E-state index is 9.61. The second-order valence-electron chi connectivity index (χ2n) is 0.983. The van der Waals surface area contributed by atoms with Gasteiger partial charge in [-0.25, -0.2) is 0 Å². The Hall–Kier alpha value is -0.465. The van der Waals surface area contributed by atoms with E-state index in [-0.39, 0.29) is 0 Å². The molecule has 32 valence electrons. The topological polar surface area (TPSA) is 29.4 Å². The fourth-order valence-electron chi connectivity index (χ4n) is 0.0527. The van der Waals surface area contributed by atoms with Crippen molar-refractivity contribution in [2.45, 2.75) is 6.92 Å². The van der Waals surface area contributed by atoms with Crippen molar-refractivity contribution in [1.29, 1.82) is 0 Å². The Morgan fingerprint density at radius 1 is 1.83 bits per heavy atom. The van der Waals surface area contributed by atoms with E-state index in [1.165, 1.54) is 0 Å². The number of hydrogen-bond acceptors (Lipinski definition) is 2. The van der Waals surface area contributed by atoms with Gasteiger partial charge in [0.1, 0.15) is 0 Å². The first-order chi connectivity index (χ1) is 2.81. The van der Waals surface area contributed by atoms with Crippen LogP contribution < -0.4 is 0 Å². The van der Waals surface area contributed by atoms with E-state index in [1.54, 1.807) is 14.0 Å². The quantitative estimate of drug-likeness (QED) is 0.326. The minimum absolute atomic E-state index is 0.537. The van der Waals surface area contributed by atoms with Gasteiger partial charge in [0.15, 0.2) is 0 Å². The normalized spacial score (nSPS) is 10.7. The van der Waals surface area contributed by atoms with Crippen LogP contribution in [0.4, 0.5) is 0 Å². The van der Waals surface area contributed by atoms with E-state index in [0.29, 0.717) is 5.61 Å². The molecule has 0 N–H and O–H groups in total. The second-order valence-corrected chi connectivity index (χ2v) is 0.983. The monoisotopic (exact) mass is 83.1 g/mol. The third-order valence-electron chi connectivity index (χ3n) is 0.523. The zero-order valence-electron chi connectivity index (χ0n) is 3.93. The summed E-state index contributed by atoms with van der Waals surface area (Å²) in [6, 6.07) is 0. The van der Waals surface area contributed by atoms with Gasteiger partial charge in [0.25, 0.3) is 0 Å². The molecule has 0 aliphatic carbocycles. The molecule has 0 fully saturated rings. The number of nitrogens with zero attached hydrogens (tertiary/aromatic N) is 1. The summed E-state index contributed by atoms with van der Waals surface area (Å²) in [5.41, 5.74) is 0.537.